The second kappa shape index (κ2) is 6.32. The summed E-state index contributed by atoms with van der Waals surface area (Å²) >= 11 is 0. The Labute approximate surface area is 160 Å². The first kappa shape index (κ1) is 16.7. The van der Waals surface area contributed by atoms with Crippen molar-refractivity contribution in [2.45, 2.75) is 56.9 Å². The van der Waals surface area contributed by atoms with Gasteiger partial charge in [0.2, 0.25) is 5.91 Å². The van der Waals surface area contributed by atoms with Crippen LogP contribution in [-0.4, -0.2) is 34.5 Å². The summed E-state index contributed by atoms with van der Waals surface area (Å²) in [7, 11) is 0. The molecule has 0 bridgehead atoms. The number of nitrogens with one attached hydrogen (secondary N) is 1. The smallest absolute Gasteiger partial charge is 0.228 e. The fourth-order valence-electron chi connectivity index (χ4n) is 5.11. The lowest BCUT2D eigenvalue weighted by Gasteiger charge is -2.40. The van der Waals surface area contributed by atoms with Gasteiger partial charge >= 0.3 is 0 Å². The highest BCUT2D eigenvalue weighted by Crippen LogP contribution is 2.40. The van der Waals surface area contributed by atoms with Crippen molar-refractivity contribution in [3.05, 3.63) is 53.0 Å². The Morgan fingerprint density at radius 2 is 1.89 bits per heavy atom. The largest absolute Gasteiger partial charge is 0.356 e. The molecule has 0 saturated carbocycles. The van der Waals surface area contributed by atoms with Gasteiger partial charge in [0, 0.05) is 29.9 Å². The number of hydrogen-bond acceptors (Lipinski definition) is 4. The molecule has 2 aliphatic heterocycles. The van der Waals surface area contributed by atoms with E-state index >= 15 is 0 Å². The van der Waals surface area contributed by atoms with Gasteiger partial charge in [0.05, 0.1) is 5.92 Å². The van der Waals surface area contributed by atoms with Crippen LogP contribution < -0.4 is 10.2 Å². The van der Waals surface area contributed by atoms with E-state index in [9.17, 15) is 4.79 Å². The lowest BCUT2D eigenvalue weighted by Crippen LogP contribution is -2.51. The zero-order valence-electron chi connectivity index (χ0n) is 15.9. The molecule has 0 unspecified atom stereocenters. The predicted octanol–water partition coefficient (Wildman–Crippen LogP) is 2.92. The van der Waals surface area contributed by atoms with Crippen LogP contribution in [0.25, 0.3) is 0 Å². The van der Waals surface area contributed by atoms with E-state index in [0.29, 0.717) is 0 Å². The van der Waals surface area contributed by atoms with Crippen LogP contribution in [-0.2, 0) is 17.6 Å². The van der Waals surface area contributed by atoms with Crippen molar-refractivity contribution in [3.8, 4) is 0 Å². The average molecular weight is 362 g/mol. The van der Waals surface area contributed by atoms with E-state index in [4.69, 9.17) is 4.98 Å². The molecule has 5 heteroatoms. The first-order chi connectivity index (χ1) is 13.1. The molecule has 5 nitrogen and oxygen atoms in total. The molecule has 1 atom stereocenters. The first-order valence-corrected chi connectivity index (χ1v) is 10.1. The van der Waals surface area contributed by atoms with Crippen LogP contribution in [0.3, 0.4) is 0 Å². The number of anilines is 1. The van der Waals surface area contributed by atoms with Gasteiger partial charge in [0.25, 0.3) is 0 Å². The Kier molecular flexibility index (Phi) is 3.92. The fraction of sp³-hybridized carbons (Fsp3) is 0.500. The van der Waals surface area contributed by atoms with Crippen molar-refractivity contribution >= 4 is 11.7 Å². The Morgan fingerprint density at radius 3 is 2.67 bits per heavy atom. The molecular formula is C22H26N4O. The van der Waals surface area contributed by atoms with Crippen LogP contribution >= 0.6 is 0 Å². The number of piperidine rings is 1. The molecule has 27 heavy (non-hydrogen) atoms. The van der Waals surface area contributed by atoms with Gasteiger partial charge in [0.1, 0.15) is 11.6 Å². The minimum absolute atomic E-state index is 0.0108. The van der Waals surface area contributed by atoms with Crippen molar-refractivity contribution < 1.29 is 4.79 Å². The summed E-state index contributed by atoms with van der Waals surface area (Å²) in [6.07, 6.45) is 6.25. The molecule has 140 valence electrons. The normalized spacial score (nSPS) is 23.5. The monoisotopic (exact) mass is 362 g/mol. The summed E-state index contributed by atoms with van der Waals surface area (Å²) in [6, 6.07) is 10.2. The summed E-state index contributed by atoms with van der Waals surface area (Å²) in [4.78, 5) is 24.5. The summed E-state index contributed by atoms with van der Waals surface area (Å²) in [5.74, 6) is 2.20. The van der Waals surface area contributed by atoms with Crippen LogP contribution in [0.5, 0.6) is 0 Å². The zero-order valence-corrected chi connectivity index (χ0v) is 15.9. The molecule has 1 aliphatic carbocycles. The summed E-state index contributed by atoms with van der Waals surface area (Å²) < 4.78 is 0. The van der Waals surface area contributed by atoms with E-state index < -0.39 is 0 Å². The highest BCUT2D eigenvalue weighted by Gasteiger charge is 2.46. The third-order valence-electron chi connectivity index (χ3n) is 6.54. The highest BCUT2D eigenvalue weighted by atomic mass is 16.2. The molecule has 2 fully saturated rings. The predicted molar refractivity (Wildman–Crippen MR) is 105 cm³/mol. The maximum absolute atomic E-state index is 12.7. The number of benzene rings is 1. The summed E-state index contributed by atoms with van der Waals surface area (Å²) in [5.41, 5.74) is 3.68. The molecule has 3 aliphatic rings. The minimum atomic E-state index is -0.0562. The van der Waals surface area contributed by atoms with Gasteiger partial charge in [-0.1, -0.05) is 30.3 Å². The number of nitrogens with zero attached hydrogens (tertiary/aromatic N) is 3. The third kappa shape index (κ3) is 2.89. The maximum atomic E-state index is 12.7. The number of hydrogen-bond donors (Lipinski definition) is 1. The fourth-order valence-corrected chi connectivity index (χ4v) is 5.11. The van der Waals surface area contributed by atoms with Crippen LogP contribution in [0.15, 0.2) is 30.3 Å². The van der Waals surface area contributed by atoms with Gasteiger partial charge in [-0.2, -0.15) is 0 Å². The van der Waals surface area contributed by atoms with E-state index in [0.717, 1.165) is 62.4 Å². The van der Waals surface area contributed by atoms with Gasteiger partial charge in [0.15, 0.2) is 0 Å². The molecule has 5 rings (SSSR count). The van der Waals surface area contributed by atoms with Crippen LogP contribution in [0, 0.1) is 6.92 Å². The van der Waals surface area contributed by atoms with Crippen molar-refractivity contribution in [1.82, 2.24) is 15.3 Å². The number of carbonyl (C=O) groups excluding carboxylic acids is 1. The number of fused-ring (bicyclic) bond motifs is 1. The first-order valence-electron chi connectivity index (χ1n) is 10.1. The van der Waals surface area contributed by atoms with Crippen LogP contribution in [0.4, 0.5) is 5.82 Å². The Hall–Kier alpha value is -2.43. The van der Waals surface area contributed by atoms with E-state index in [2.05, 4.69) is 27.3 Å². The summed E-state index contributed by atoms with van der Waals surface area (Å²) in [6.45, 7) is 3.89. The Bertz CT molecular complexity index is 871. The van der Waals surface area contributed by atoms with E-state index in [1.165, 1.54) is 17.7 Å². The topological polar surface area (TPSA) is 58.1 Å². The number of aryl methyl sites for hydroxylation is 2. The second-order valence-electron chi connectivity index (χ2n) is 8.30. The van der Waals surface area contributed by atoms with Gasteiger partial charge < -0.3 is 10.2 Å². The summed E-state index contributed by atoms with van der Waals surface area (Å²) in [5, 5.41) is 3.36. The number of amides is 1. The van der Waals surface area contributed by atoms with Crippen molar-refractivity contribution in [1.29, 1.82) is 0 Å². The quantitative estimate of drug-likeness (QED) is 0.892. The zero-order chi connectivity index (χ0) is 18.4. The maximum Gasteiger partial charge on any atom is 0.228 e. The molecule has 3 heterocycles. The second-order valence-corrected chi connectivity index (χ2v) is 8.30. The molecule has 1 N–H and O–H groups in total. The van der Waals surface area contributed by atoms with Crippen LogP contribution in [0.1, 0.15) is 54.2 Å². The molecule has 2 aromatic rings. The number of carbonyl (C=O) groups is 1. The van der Waals surface area contributed by atoms with Gasteiger partial charge in [-0.25, -0.2) is 9.97 Å². The van der Waals surface area contributed by atoms with E-state index in [1.54, 1.807) is 0 Å². The van der Waals surface area contributed by atoms with Gasteiger partial charge in [-0.05, 0) is 51.0 Å². The van der Waals surface area contributed by atoms with Crippen molar-refractivity contribution in [2.24, 2.45) is 0 Å². The molecule has 1 amide bonds. The lowest BCUT2D eigenvalue weighted by molar-refractivity contribution is -0.121. The number of rotatable bonds is 2. The van der Waals surface area contributed by atoms with Gasteiger partial charge in [-0.15, -0.1) is 0 Å². The van der Waals surface area contributed by atoms with Gasteiger partial charge in [-0.3, -0.25) is 4.79 Å². The van der Waals surface area contributed by atoms with Crippen LogP contribution in [0.2, 0.25) is 0 Å². The van der Waals surface area contributed by atoms with Crippen molar-refractivity contribution in [3.63, 3.8) is 0 Å². The molecule has 2 saturated heterocycles. The van der Waals surface area contributed by atoms with E-state index in [1.807, 2.05) is 25.1 Å². The average Bonchev–Trinajstić information content (AvgIpc) is 3.27. The molecule has 1 aromatic heterocycles. The third-order valence-corrected chi connectivity index (χ3v) is 6.54. The highest BCUT2D eigenvalue weighted by molar-refractivity contribution is 5.87. The molecule has 1 aromatic carbocycles. The van der Waals surface area contributed by atoms with E-state index in [-0.39, 0.29) is 17.4 Å². The lowest BCUT2D eigenvalue weighted by atomic mass is 9.82. The standard InChI is InChI=1S/C22H26N4O/c1-15-23-19-9-5-8-17(19)20(24-15)26-12-10-22(11-13-26)14-18(21(27)25-22)16-6-3-2-4-7-16/h2-4,6-7,18H,5,8-14H2,1H3,(H,25,27)/t18-/m0/s1. The Balaban J connectivity index is 1.33. The molecular weight excluding hydrogens is 336 g/mol. The minimum Gasteiger partial charge on any atom is -0.356 e. The number of aromatic nitrogens is 2. The molecule has 1 spiro atoms. The SMILES string of the molecule is Cc1nc2c(c(N3CCC4(CC3)C[C@@H](c3ccccc3)C(=O)N4)n1)CCC2. The van der Waals surface area contributed by atoms with Crippen molar-refractivity contribution in [2.75, 3.05) is 18.0 Å². The Morgan fingerprint density at radius 1 is 1.11 bits per heavy atom. The molecule has 0 radical (unpaired) electrons.